The minimum atomic E-state index is -0.213. The molecule has 4 aromatic heterocycles. The summed E-state index contributed by atoms with van der Waals surface area (Å²) in [5, 5.41) is 25.7. The van der Waals surface area contributed by atoms with Gasteiger partial charge in [-0.3, -0.25) is 0 Å². The summed E-state index contributed by atoms with van der Waals surface area (Å²) in [4.78, 5) is 0. The number of ether oxygens (including phenoxy) is 2. The van der Waals surface area contributed by atoms with E-state index in [0.717, 1.165) is 78.3 Å². The number of fused-ring (bicyclic) bond motifs is 8. The summed E-state index contributed by atoms with van der Waals surface area (Å²) < 4.78 is 22.7. The van der Waals surface area contributed by atoms with Crippen molar-refractivity contribution < 1.29 is 38.0 Å². The molecular weight excluding hydrogens is 961 g/mol. The number of benzene rings is 4. The zero-order chi connectivity index (χ0) is 55.9. The van der Waals surface area contributed by atoms with E-state index in [4.69, 9.17) is 9.47 Å². The van der Waals surface area contributed by atoms with Crippen LogP contribution >= 0.6 is 0 Å². The number of hydrogen-bond donors (Lipinski definition) is 2. The number of hydrogen-bond acceptors (Lipinski definition) is 4. The lowest BCUT2D eigenvalue weighted by atomic mass is 9.79. The summed E-state index contributed by atoms with van der Waals surface area (Å²) >= 11 is 0. The van der Waals surface area contributed by atoms with E-state index in [1.54, 1.807) is 0 Å². The largest absolute Gasteiger partial charge is 0.507 e. The molecular formula is C70H84N4O4+4. The van der Waals surface area contributed by atoms with Gasteiger partial charge in [0.15, 0.2) is 62.7 Å². The van der Waals surface area contributed by atoms with Gasteiger partial charge in [0.25, 0.3) is 0 Å². The number of aryl methyl sites for hydroxylation is 2. The molecule has 0 saturated heterocycles. The van der Waals surface area contributed by atoms with E-state index < -0.39 is 0 Å². The van der Waals surface area contributed by atoms with Crippen molar-refractivity contribution in [2.45, 2.75) is 144 Å². The van der Waals surface area contributed by atoms with Crippen LogP contribution < -0.4 is 27.7 Å². The van der Waals surface area contributed by atoms with Crippen LogP contribution in [0.2, 0.25) is 0 Å². The van der Waals surface area contributed by atoms with Crippen LogP contribution in [-0.2, 0) is 74.5 Å². The number of aromatic nitrogens is 4. The van der Waals surface area contributed by atoms with E-state index in [1.165, 1.54) is 22.3 Å². The lowest BCUT2D eigenvalue weighted by Crippen LogP contribution is -2.35. The molecule has 0 aliphatic heterocycles. The second-order valence-electron chi connectivity index (χ2n) is 26.1. The summed E-state index contributed by atoms with van der Waals surface area (Å²) in [5.41, 5.74) is 15.9. The molecule has 0 atom stereocenters. The first kappa shape index (κ1) is 55.4. The van der Waals surface area contributed by atoms with Crippen LogP contribution in [0, 0.1) is 0 Å². The normalized spacial score (nSPS) is 13.1. The van der Waals surface area contributed by atoms with Crippen LogP contribution in [-0.4, -0.2) is 23.4 Å². The van der Waals surface area contributed by atoms with Crippen LogP contribution in [0.25, 0.3) is 22.3 Å². The Morgan fingerprint density at radius 3 is 0.795 bits per heavy atom. The number of nitrogens with zero attached hydrogens (tertiary/aromatic N) is 4. The van der Waals surface area contributed by atoms with E-state index in [1.807, 2.05) is 23.2 Å². The molecule has 8 bridgehead atoms. The molecule has 2 N–H and O–H groups in total. The third-order valence-electron chi connectivity index (χ3n) is 15.6. The highest BCUT2D eigenvalue weighted by molar-refractivity contribution is 5.63. The third kappa shape index (κ3) is 12.8. The minimum absolute atomic E-state index is 0.204. The van der Waals surface area contributed by atoms with E-state index in [2.05, 4.69) is 239 Å². The maximum Gasteiger partial charge on any atom is 0.182 e. The summed E-state index contributed by atoms with van der Waals surface area (Å²) in [6, 6.07) is 35.2. The minimum Gasteiger partial charge on any atom is -0.507 e. The second-order valence-corrected chi connectivity index (χ2v) is 26.1. The molecule has 8 nitrogen and oxygen atoms in total. The molecule has 9 rings (SSSR count). The molecule has 8 heteroatoms. The maximum absolute atomic E-state index is 12.9. The Bertz CT molecular complexity index is 3110. The molecule has 0 amide bonds. The molecule has 4 heterocycles. The first-order chi connectivity index (χ1) is 36.8. The smallest absolute Gasteiger partial charge is 0.182 e. The van der Waals surface area contributed by atoms with Crippen molar-refractivity contribution in [1.82, 2.24) is 0 Å². The SMILES string of the molecule is C[n+]1ccc(-c2cc[n+](CCOc3c4cc(C(C)(C)C)cc3Cc3cc(C(C)(C)C)cc(c3O)Cc3cc(C(C)(C)C)cc(c3OCC[n+]3ccc(-c5cc[n+](C)cc5)cc3)Cc3cc(C(C)(C)C)cc(c3O)C4)cc2)cc1. The fourth-order valence-corrected chi connectivity index (χ4v) is 10.5. The van der Waals surface area contributed by atoms with Gasteiger partial charge in [-0.15, -0.1) is 0 Å². The number of aromatic hydroxyl groups is 2. The van der Waals surface area contributed by atoms with Gasteiger partial charge in [-0.2, -0.15) is 0 Å². The van der Waals surface area contributed by atoms with E-state index in [0.29, 0.717) is 63.5 Å². The summed E-state index contributed by atoms with van der Waals surface area (Å²) in [7, 11) is 4.06. The Labute approximate surface area is 465 Å². The summed E-state index contributed by atoms with van der Waals surface area (Å²) in [6.45, 7) is 29.1. The molecule has 1 aliphatic carbocycles. The highest BCUT2D eigenvalue weighted by atomic mass is 16.5. The lowest BCUT2D eigenvalue weighted by molar-refractivity contribution is -0.697. The highest BCUT2D eigenvalue weighted by Crippen LogP contribution is 2.44. The van der Waals surface area contributed by atoms with Crippen molar-refractivity contribution in [1.29, 1.82) is 0 Å². The van der Waals surface area contributed by atoms with Gasteiger partial charge < -0.3 is 19.7 Å². The molecule has 4 aromatic carbocycles. The van der Waals surface area contributed by atoms with Crippen LogP contribution in [0.4, 0.5) is 0 Å². The number of phenols is 2. The number of phenolic OH excluding ortho intramolecular Hbond substituents is 2. The highest BCUT2D eigenvalue weighted by Gasteiger charge is 2.29. The van der Waals surface area contributed by atoms with Crippen LogP contribution in [0.5, 0.6) is 23.0 Å². The van der Waals surface area contributed by atoms with E-state index >= 15 is 0 Å². The zero-order valence-corrected chi connectivity index (χ0v) is 49.0. The second kappa shape index (κ2) is 21.8. The van der Waals surface area contributed by atoms with Crippen molar-refractivity contribution in [3.63, 3.8) is 0 Å². The van der Waals surface area contributed by atoms with Crippen LogP contribution in [0.15, 0.2) is 147 Å². The van der Waals surface area contributed by atoms with Gasteiger partial charge in [-0.25, -0.2) is 18.3 Å². The van der Waals surface area contributed by atoms with Crippen molar-refractivity contribution in [2.75, 3.05) is 13.2 Å². The molecule has 78 heavy (non-hydrogen) atoms. The van der Waals surface area contributed by atoms with Crippen molar-refractivity contribution in [2.24, 2.45) is 14.1 Å². The quantitative estimate of drug-likeness (QED) is 0.134. The first-order valence-electron chi connectivity index (χ1n) is 27.9. The maximum atomic E-state index is 12.9. The number of pyridine rings is 4. The van der Waals surface area contributed by atoms with Crippen molar-refractivity contribution in [3.05, 3.63) is 213 Å². The Kier molecular flexibility index (Phi) is 15.5. The Morgan fingerprint density at radius 1 is 0.346 bits per heavy atom. The predicted octanol–water partition coefficient (Wildman–Crippen LogP) is 12.7. The van der Waals surface area contributed by atoms with Gasteiger partial charge in [0.2, 0.25) is 0 Å². The predicted molar refractivity (Wildman–Crippen MR) is 313 cm³/mol. The van der Waals surface area contributed by atoms with E-state index in [9.17, 15) is 10.2 Å². The van der Waals surface area contributed by atoms with Gasteiger partial charge in [0.1, 0.15) is 50.3 Å². The molecule has 0 radical (unpaired) electrons. The molecule has 8 aromatic rings. The Hall–Kier alpha value is -7.32. The van der Waals surface area contributed by atoms with E-state index in [-0.39, 0.29) is 21.7 Å². The molecule has 0 unspecified atom stereocenters. The molecule has 404 valence electrons. The molecule has 0 fully saturated rings. The van der Waals surface area contributed by atoms with Crippen molar-refractivity contribution >= 4 is 0 Å². The fourth-order valence-electron chi connectivity index (χ4n) is 10.5. The van der Waals surface area contributed by atoms with Gasteiger partial charge >= 0.3 is 0 Å². The molecule has 1 aliphatic rings. The zero-order valence-electron chi connectivity index (χ0n) is 49.0. The third-order valence-corrected chi connectivity index (χ3v) is 15.6. The number of rotatable bonds is 10. The Morgan fingerprint density at radius 2 is 0.564 bits per heavy atom. The lowest BCUT2D eigenvalue weighted by Gasteiger charge is -2.28. The molecule has 0 spiro atoms. The van der Waals surface area contributed by atoms with Gasteiger partial charge in [-0.05, 0) is 111 Å². The van der Waals surface area contributed by atoms with Gasteiger partial charge in [-0.1, -0.05) is 132 Å². The van der Waals surface area contributed by atoms with Gasteiger partial charge in [0, 0.05) is 74.2 Å². The Balaban J connectivity index is 1.18. The average Bonchev–Trinajstić information content (AvgIpc) is 3.42. The topological polar surface area (TPSA) is 74.4 Å². The molecule has 0 saturated carbocycles. The van der Waals surface area contributed by atoms with Gasteiger partial charge in [0.05, 0.1) is 0 Å². The standard InChI is InChI=1S/C70H82N4O4/c1-67(2,3)59-39-51-35-55-43-61(69(7,8)9)45-57(65(55)77-33-31-73-27-19-49(20-28-73)47-15-23-71(13)24-16-47)37-53-41-60(68(4,5)6)42-54(64(53)76)38-58-46-62(70(10,11)12)44-56(36-52(40-59)63(51)75)66(58)78-34-32-74-29-21-50(22-30-74)48-17-25-72(14)26-18-48/h15-30,39-46H,31-38H2,1-14H3/q+2/p+2. The first-order valence-corrected chi connectivity index (χ1v) is 27.9. The monoisotopic (exact) mass is 1040 g/mol. The fraction of sp³-hybridized carbons (Fsp3) is 0.371. The van der Waals surface area contributed by atoms with Crippen LogP contribution in [0.3, 0.4) is 0 Å². The summed E-state index contributed by atoms with van der Waals surface area (Å²) in [5.74, 6) is 2.18. The van der Waals surface area contributed by atoms with Crippen LogP contribution in [0.1, 0.15) is 150 Å². The van der Waals surface area contributed by atoms with Crippen molar-refractivity contribution in [3.8, 4) is 45.3 Å². The average molecular weight is 1050 g/mol. The summed E-state index contributed by atoms with van der Waals surface area (Å²) in [6.07, 6.45) is 18.5.